The van der Waals surface area contributed by atoms with Crippen molar-refractivity contribution in [2.45, 2.75) is 13.2 Å². The second-order valence-corrected chi connectivity index (χ2v) is 5.19. The molecule has 0 bridgehead atoms. The topological polar surface area (TPSA) is 51.2 Å². The molecule has 1 amide bonds. The van der Waals surface area contributed by atoms with Gasteiger partial charge in [-0.3, -0.25) is 4.79 Å². The third-order valence-electron chi connectivity index (χ3n) is 2.66. The molecule has 0 saturated carbocycles. The van der Waals surface area contributed by atoms with Crippen LogP contribution in [0, 0.1) is 0 Å². The molecule has 1 heterocycles. The first-order chi connectivity index (χ1) is 9.74. The molecule has 1 N–H and O–H groups in total. The number of carbonyl (C=O) groups is 1. The molecule has 0 atom stereocenters. The molecule has 4 nitrogen and oxygen atoms in total. The predicted octanol–water partition coefficient (Wildman–Crippen LogP) is 2.76. The van der Waals surface area contributed by atoms with E-state index < -0.39 is 0 Å². The molecule has 0 radical (unpaired) electrons. The predicted molar refractivity (Wildman–Crippen MR) is 80.3 cm³/mol. The summed E-state index contributed by atoms with van der Waals surface area (Å²) in [5.74, 6) is -0.203. The van der Waals surface area contributed by atoms with E-state index in [2.05, 4.69) is 16.9 Å². The maximum Gasteiger partial charge on any atom is 0.243 e. The number of benzene rings is 1. The largest absolute Gasteiger partial charge is 0.378 e. The van der Waals surface area contributed by atoms with Crippen LogP contribution in [0.2, 0.25) is 0 Å². The van der Waals surface area contributed by atoms with Gasteiger partial charge in [-0.05, 0) is 11.6 Å². The fourth-order valence-corrected chi connectivity index (χ4v) is 2.82. The van der Waals surface area contributed by atoms with Crippen LogP contribution in [0.3, 0.4) is 0 Å². The van der Waals surface area contributed by atoms with Gasteiger partial charge in [-0.25, -0.2) is 4.98 Å². The fraction of sp³-hybridized carbons (Fsp3) is 0.200. The minimum absolute atomic E-state index is 0.203. The summed E-state index contributed by atoms with van der Waals surface area (Å²) in [6.07, 6.45) is 1.25. The molecule has 0 saturated heterocycles. The molecule has 0 aliphatic carbocycles. The average Bonchev–Trinajstić information content (AvgIpc) is 2.89. The van der Waals surface area contributed by atoms with Crippen LogP contribution >= 0.6 is 11.3 Å². The maximum atomic E-state index is 11.3. The average molecular weight is 288 g/mol. The van der Waals surface area contributed by atoms with Gasteiger partial charge in [-0.15, -0.1) is 11.3 Å². The van der Waals surface area contributed by atoms with E-state index in [0.717, 1.165) is 21.1 Å². The van der Waals surface area contributed by atoms with E-state index in [9.17, 15) is 4.79 Å². The van der Waals surface area contributed by atoms with Gasteiger partial charge in [-0.1, -0.05) is 36.9 Å². The quantitative estimate of drug-likeness (QED) is 0.832. The van der Waals surface area contributed by atoms with Gasteiger partial charge in [0.25, 0.3) is 0 Å². The minimum Gasteiger partial charge on any atom is -0.378 e. The summed E-state index contributed by atoms with van der Waals surface area (Å²) in [5.41, 5.74) is 1.94. The summed E-state index contributed by atoms with van der Waals surface area (Å²) in [7, 11) is 1.64. The van der Waals surface area contributed by atoms with E-state index in [1.807, 2.05) is 30.3 Å². The first kappa shape index (κ1) is 14.4. The Morgan fingerprint density at radius 1 is 1.45 bits per heavy atom. The van der Waals surface area contributed by atoms with Crippen LogP contribution in [-0.2, 0) is 22.7 Å². The van der Waals surface area contributed by atoms with Gasteiger partial charge in [-0.2, -0.15) is 0 Å². The number of carbonyl (C=O) groups excluding carboxylic acids is 1. The standard InChI is InChI=1S/C15H16N2O2S/c1-3-13(18)16-9-12-15(11-7-5-4-6-8-11)20-14(17-12)10-19-2/h3-8H,1,9-10H2,2H3,(H,16,18). The van der Waals surface area contributed by atoms with Crippen molar-refractivity contribution < 1.29 is 9.53 Å². The molecule has 5 heteroatoms. The minimum atomic E-state index is -0.203. The van der Waals surface area contributed by atoms with Crippen molar-refractivity contribution in [3.8, 4) is 10.4 Å². The highest BCUT2D eigenvalue weighted by Crippen LogP contribution is 2.30. The Hall–Kier alpha value is -1.98. The second-order valence-electron chi connectivity index (χ2n) is 4.10. The van der Waals surface area contributed by atoms with E-state index in [1.54, 1.807) is 18.4 Å². The van der Waals surface area contributed by atoms with Gasteiger partial charge in [0.2, 0.25) is 5.91 Å². The number of aromatic nitrogens is 1. The third-order valence-corrected chi connectivity index (χ3v) is 3.78. The number of hydrogen-bond donors (Lipinski definition) is 1. The number of thiazole rings is 1. The van der Waals surface area contributed by atoms with Crippen LogP contribution in [0.15, 0.2) is 43.0 Å². The zero-order chi connectivity index (χ0) is 14.4. The van der Waals surface area contributed by atoms with Crippen molar-refractivity contribution in [1.82, 2.24) is 10.3 Å². The Labute approximate surface area is 122 Å². The molecule has 0 aliphatic rings. The smallest absolute Gasteiger partial charge is 0.243 e. The highest BCUT2D eigenvalue weighted by molar-refractivity contribution is 7.15. The normalized spacial score (nSPS) is 10.2. The number of methoxy groups -OCH3 is 1. The lowest BCUT2D eigenvalue weighted by Crippen LogP contribution is -2.20. The first-order valence-corrected chi connectivity index (χ1v) is 6.99. The lowest BCUT2D eigenvalue weighted by molar-refractivity contribution is -0.116. The van der Waals surface area contributed by atoms with Crippen molar-refractivity contribution in [2.75, 3.05) is 7.11 Å². The van der Waals surface area contributed by atoms with Crippen molar-refractivity contribution in [3.05, 3.63) is 53.7 Å². The Morgan fingerprint density at radius 2 is 2.20 bits per heavy atom. The van der Waals surface area contributed by atoms with E-state index in [1.165, 1.54) is 6.08 Å². The van der Waals surface area contributed by atoms with Gasteiger partial charge in [0.1, 0.15) is 5.01 Å². The van der Waals surface area contributed by atoms with Crippen LogP contribution in [0.5, 0.6) is 0 Å². The van der Waals surface area contributed by atoms with E-state index >= 15 is 0 Å². The van der Waals surface area contributed by atoms with Crippen molar-refractivity contribution in [3.63, 3.8) is 0 Å². The van der Waals surface area contributed by atoms with Gasteiger partial charge < -0.3 is 10.1 Å². The molecular formula is C15H16N2O2S. The number of nitrogens with zero attached hydrogens (tertiary/aromatic N) is 1. The van der Waals surface area contributed by atoms with E-state index in [0.29, 0.717) is 13.2 Å². The summed E-state index contributed by atoms with van der Waals surface area (Å²) < 4.78 is 5.12. The third kappa shape index (κ3) is 3.53. The highest BCUT2D eigenvalue weighted by Gasteiger charge is 2.13. The van der Waals surface area contributed by atoms with Gasteiger partial charge in [0.05, 0.1) is 23.7 Å². The molecule has 104 valence electrons. The number of amides is 1. The molecular weight excluding hydrogens is 272 g/mol. The first-order valence-electron chi connectivity index (χ1n) is 6.17. The zero-order valence-electron chi connectivity index (χ0n) is 11.3. The Kier molecular flexibility index (Phi) is 5.03. The molecule has 0 spiro atoms. The molecule has 1 aromatic heterocycles. The Morgan fingerprint density at radius 3 is 2.85 bits per heavy atom. The molecule has 20 heavy (non-hydrogen) atoms. The Balaban J connectivity index is 2.28. The summed E-state index contributed by atoms with van der Waals surface area (Å²) in [6.45, 7) is 4.29. The van der Waals surface area contributed by atoms with Crippen LogP contribution < -0.4 is 5.32 Å². The molecule has 2 aromatic rings. The van der Waals surface area contributed by atoms with E-state index in [-0.39, 0.29) is 5.91 Å². The number of nitrogens with one attached hydrogen (secondary N) is 1. The van der Waals surface area contributed by atoms with Crippen molar-refractivity contribution in [1.29, 1.82) is 0 Å². The number of ether oxygens (including phenoxy) is 1. The molecule has 1 aromatic carbocycles. The van der Waals surface area contributed by atoms with Gasteiger partial charge in [0.15, 0.2) is 0 Å². The SMILES string of the molecule is C=CC(=O)NCc1nc(COC)sc1-c1ccccc1. The fourth-order valence-electron chi connectivity index (χ4n) is 1.76. The monoisotopic (exact) mass is 288 g/mol. The van der Waals surface area contributed by atoms with Gasteiger partial charge >= 0.3 is 0 Å². The van der Waals surface area contributed by atoms with E-state index in [4.69, 9.17) is 4.74 Å². The lowest BCUT2D eigenvalue weighted by atomic mass is 10.1. The number of hydrogen-bond acceptors (Lipinski definition) is 4. The van der Waals surface area contributed by atoms with Crippen LogP contribution in [0.4, 0.5) is 0 Å². The second kappa shape index (κ2) is 6.98. The van der Waals surface area contributed by atoms with Crippen LogP contribution in [-0.4, -0.2) is 18.0 Å². The van der Waals surface area contributed by atoms with Crippen molar-refractivity contribution in [2.24, 2.45) is 0 Å². The molecule has 2 rings (SSSR count). The Bertz CT molecular complexity index is 593. The van der Waals surface area contributed by atoms with Gasteiger partial charge in [0, 0.05) is 7.11 Å². The molecule has 0 fully saturated rings. The molecule has 0 aliphatic heterocycles. The van der Waals surface area contributed by atoms with Crippen molar-refractivity contribution >= 4 is 17.2 Å². The molecule has 0 unspecified atom stereocenters. The maximum absolute atomic E-state index is 11.3. The lowest BCUT2D eigenvalue weighted by Gasteiger charge is -2.03. The summed E-state index contributed by atoms with van der Waals surface area (Å²) in [6, 6.07) is 10.00. The van der Waals surface area contributed by atoms with Crippen LogP contribution in [0.25, 0.3) is 10.4 Å². The summed E-state index contributed by atoms with van der Waals surface area (Å²) >= 11 is 1.58. The summed E-state index contributed by atoms with van der Waals surface area (Å²) in [5, 5.41) is 3.66. The summed E-state index contributed by atoms with van der Waals surface area (Å²) in [4.78, 5) is 16.9. The highest BCUT2D eigenvalue weighted by atomic mass is 32.1. The number of rotatable bonds is 6. The zero-order valence-corrected chi connectivity index (χ0v) is 12.1. The van der Waals surface area contributed by atoms with Crippen LogP contribution in [0.1, 0.15) is 10.7 Å².